The Morgan fingerprint density at radius 3 is 2.74 bits per heavy atom. The first-order valence-corrected chi connectivity index (χ1v) is 11.0. The second-order valence-electron chi connectivity index (χ2n) is 6.90. The lowest BCUT2D eigenvalue weighted by Crippen LogP contribution is -2.24. The zero-order chi connectivity index (χ0) is 19.3. The predicted octanol–water partition coefficient (Wildman–Crippen LogP) is 3.87. The van der Waals surface area contributed by atoms with Gasteiger partial charge < -0.3 is 9.26 Å². The molecule has 2 aromatic rings. The SMILES string of the molecule is CCCCNS(=O)(=O)c1ccc(OC)c(-c2noc(C3CCCCC3)n2)c1. The van der Waals surface area contributed by atoms with Crippen LogP contribution in [0.3, 0.4) is 0 Å². The first-order chi connectivity index (χ1) is 13.0. The Morgan fingerprint density at radius 1 is 1.26 bits per heavy atom. The van der Waals surface area contributed by atoms with Crippen molar-refractivity contribution in [2.24, 2.45) is 0 Å². The van der Waals surface area contributed by atoms with Gasteiger partial charge in [0.25, 0.3) is 0 Å². The largest absolute Gasteiger partial charge is 0.496 e. The third kappa shape index (κ3) is 4.68. The predicted molar refractivity (Wildman–Crippen MR) is 102 cm³/mol. The Hall–Kier alpha value is -1.93. The summed E-state index contributed by atoms with van der Waals surface area (Å²) in [6, 6.07) is 4.70. The van der Waals surface area contributed by atoms with Crippen molar-refractivity contribution < 1.29 is 17.7 Å². The third-order valence-corrected chi connectivity index (χ3v) is 6.40. The fourth-order valence-corrected chi connectivity index (χ4v) is 4.46. The van der Waals surface area contributed by atoms with Crippen molar-refractivity contribution >= 4 is 10.0 Å². The number of methoxy groups -OCH3 is 1. The van der Waals surface area contributed by atoms with Crippen molar-refractivity contribution in [2.75, 3.05) is 13.7 Å². The molecule has 27 heavy (non-hydrogen) atoms. The molecule has 1 aliphatic rings. The maximum Gasteiger partial charge on any atom is 0.240 e. The van der Waals surface area contributed by atoms with E-state index in [1.807, 2.05) is 6.92 Å². The Kier molecular flexibility index (Phi) is 6.49. The lowest BCUT2D eigenvalue weighted by molar-refractivity contribution is 0.314. The van der Waals surface area contributed by atoms with Crippen LogP contribution in [0.2, 0.25) is 0 Å². The highest BCUT2D eigenvalue weighted by atomic mass is 32.2. The first-order valence-electron chi connectivity index (χ1n) is 9.57. The van der Waals surface area contributed by atoms with Crippen molar-refractivity contribution in [3.8, 4) is 17.1 Å². The monoisotopic (exact) mass is 393 g/mol. The minimum absolute atomic E-state index is 0.165. The molecule has 1 aromatic carbocycles. The summed E-state index contributed by atoms with van der Waals surface area (Å²) in [7, 11) is -2.06. The second-order valence-corrected chi connectivity index (χ2v) is 8.67. The molecule has 148 valence electrons. The van der Waals surface area contributed by atoms with Crippen LogP contribution in [0.4, 0.5) is 0 Å². The van der Waals surface area contributed by atoms with Gasteiger partial charge in [-0.05, 0) is 37.5 Å². The van der Waals surface area contributed by atoms with E-state index >= 15 is 0 Å². The van der Waals surface area contributed by atoms with E-state index in [4.69, 9.17) is 9.26 Å². The van der Waals surface area contributed by atoms with Gasteiger partial charge in [-0.2, -0.15) is 4.98 Å². The Labute approximate surface area is 160 Å². The van der Waals surface area contributed by atoms with E-state index in [9.17, 15) is 8.42 Å². The maximum absolute atomic E-state index is 12.5. The molecule has 1 heterocycles. The molecule has 1 aromatic heterocycles. The fraction of sp³-hybridized carbons (Fsp3) is 0.579. The van der Waals surface area contributed by atoms with Gasteiger partial charge in [0, 0.05) is 12.5 Å². The van der Waals surface area contributed by atoms with E-state index in [2.05, 4.69) is 14.9 Å². The average molecular weight is 394 g/mol. The number of ether oxygens (including phenoxy) is 1. The average Bonchev–Trinajstić information content (AvgIpc) is 3.18. The van der Waals surface area contributed by atoms with Gasteiger partial charge in [0.2, 0.25) is 21.7 Å². The number of benzene rings is 1. The Bertz CT molecular complexity index is 858. The summed E-state index contributed by atoms with van der Waals surface area (Å²) < 4.78 is 38.5. The van der Waals surface area contributed by atoms with Crippen LogP contribution in [0.5, 0.6) is 5.75 Å². The molecule has 0 aliphatic heterocycles. The van der Waals surface area contributed by atoms with Crippen LogP contribution in [0.25, 0.3) is 11.4 Å². The lowest BCUT2D eigenvalue weighted by Gasteiger charge is -2.17. The summed E-state index contributed by atoms with van der Waals surface area (Å²) in [5, 5.41) is 4.09. The molecule has 0 spiro atoms. The van der Waals surface area contributed by atoms with Crippen LogP contribution in [-0.4, -0.2) is 32.2 Å². The third-order valence-electron chi connectivity index (χ3n) is 4.94. The number of hydrogen-bond donors (Lipinski definition) is 1. The molecule has 0 saturated heterocycles. The van der Waals surface area contributed by atoms with Crippen LogP contribution in [-0.2, 0) is 10.0 Å². The molecule has 0 unspecified atom stereocenters. The molecule has 8 heteroatoms. The van der Waals surface area contributed by atoms with Gasteiger partial charge in [-0.25, -0.2) is 13.1 Å². The second kappa shape index (κ2) is 8.84. The quantitative estimate of drug-likeness (QED) is 0.684. The normalized spacial score (nSPS) is 15.8. The fourth-order valence-electron chi connectivity index (χ4n) is 3.36. The number of hydrogen-bond acceptors (Lipinski definition) is 6. The van der Waals surface area contributed by atoms with Gasteiger partial charge in [0.05, 0.1) is 17.6 Å². The number of aromatic nitrogens is 2. The molecule has 0 bridgehead atoms. The molecule has 1 fully saturated rings. The molecule has 3 rings (SSSR count). The topological polar surface area (TPSA) is 94.3 Å². The van der Waals surface area contributed by atoms with E-state index < -0.39 is 10.0 Å². The molecule has 1 aliphatic carbocycles. The van der Waals surface area contributed by atoms with Crippen LogP contribution < -0.4 is 9.46 Å². The number of rotatable bonds is 8. The van der Waals surface area contributed by atoms with E-state index in [1.165, 1.54) is 32.4 Å². The molecule has 0 atom stereocenters. The Balaban J connectivity index is 1.89. The van der Waals surface area contributed by atoms with E-state index in [1.54, 1.807) is 12.1 Å². The van der Waals surface area contributed by atoms with Gasteiger partial charge in [-0.1, -0.05) is 37.8 Å². The molecular weight excluding hydrogens is 366 g/mol. The standard InChI is InChI=1S/C19H27N3O4S/c1-3-4-12-20-27(23,24)15-10-11-17(25-2)16(13-15)18-21-19(26-22-18)14-8-6-5-7-9-14/h10-11,13-14,20H,3-9,12H2,1-2H3. The highest BCUT2D eigenvalue weighted by Gasteiger charge is 2.24. The van der Waals surface area contributed by atoms with E-state index in [0.29, 0.717) is 29.6 Å². The summed E-state index contributed by atoms with van der Waals surface area (Å²) in [5.41, 5.74) is 0.515. The summed E-state index contributed by atoms with van der Waals surface area (Å²) in [6.07, 6.45) is 7.39. The molecule has 1 saturated carbocycles. The van der Waals surface area contributed by atoms with Crippen molar-refractivity contribution in [3.05, 3.63) is 24.1 Å². The number of sulfonamides is 1. The summed E-state index contributed by atoms with van der Waals surface area (Å²) in [5.74, 6) is 1.78. The van der Waals surface area contributed by atoms with Crippen molar-refractivity contribution in [3.63, 3.8) is 0 Å². The molecule has 0 radical (unpaired) electrons. The smallest absolute Gasteiger partial charge is 0.240 e. The molecule has 7 nitrogen and oxygen atoms in total. The molecule has 1 N–H and O–H groups in total. The van der Waals surface area contributed by atoms with Crippen LogP contribution >= 0.6 is 0 Å². The maximum atomic E-state index is 12.5. The van der Waals surface area contributed by atoms with Crippen molar-refractivity contribution in [2.45, 2.75) is 62.7 Å². The summed E-state index contributed by atoms with van der Waals surface area (Å²) in [6.45, 7) is 2.42. The van der Waals surface area contributed by atoms with Crippen LogP contribution in [0.1, 0.15) is 63.7 Å². The van der Waals surface area contributed by atoms with Gasteiger partial charge in [0.15, 0.2) is 0 Å². The highest BCUT2D eigenvalue weighted by molar-refractivity contribution is 7.89. The molecule has 0 amide bonds. The van der Waals surface area contributed by atoms with Crippen molar-refractivity contribution in [1.82, 2.24) is 14.9 Å². The zero-order valence-corrected chi connectivity index (χ0v) is 16.7. The minimum Gasteiger partial charge on any atom is -0.496 e. The number of unbranched alkanes of at least 4 members (excludes halogenated alkanes) is 1. The van der Waals surface area contributed by atoms with Crippen LogP contribution in [0, 0.1) is 0 Å². The van der Waals surface area contributed by atoms with Crippen LogP contribution in [0.15, 0.2) is 27.6 Å². The lowest BCUT2D eigenvalue weighted by atomic mass is 9.89. The summed E-state index contributed by atoms with van der Waals surface area (Å²) >= 11 is 0. The zero-order valence-electron chi connectivity index (χ0n) is 15.9. The highest BCUT2D eigenvalue weighted by Crippen LogP contribution is 2.35. The van der Waals surface area contributed by atoms with Gasteiger partial charge >= 0.3 is 0 Å². The minimum atomic E-state index is -3.59. The van der Waals surface area contributed by atoms with E-state index in [-0.39, 0.29) is 10.8 Å². The van der Waals surface area contributed by atoms with Gasteiger partial charge in [0.1, 0.15) is 5.75 Å². The summed E-state index contributed by atoms with van der Waals surface area (Å²) in [4.78, 5) is 4.70. The molecular formula is C19H27N3O4S. The number of nitrogens with zero attached hydrogens (tertiary/aromatic N) is 2. The van der Waals surface area contributed by atoms with Crippen molar-refractivity contribution in [1.29, 1.82) is 0 Å². The first kappa shape index (κ1) is 19.8. The van der Waals surface area contributed by atoms with Gasteiger partial charge in [-0.3, -0.25) is 0 Å². The van der Waals surface area contributed by atoms with Gasteiger partial charge in [-0.15, -0.1) is 0 Å². The number of nitrogens with one attached hydrogen (secondary N) is 1. The Morgan fingerprint density at radius 2 is 2.04 bits per heavy atom. The van der Waals surface area contributed by atoms with E-state index in [0.717, 1.165) is 25.7 Å².